The fraction of sp³-hybridized carbons (Fsp3) is 0.235. The molecule has 122 valence electrons. The van der Waals surface area contributed by atoms with E-state index in [2.05, 4.69) is 26.6 Å². The first kappa shape index (κ1) is 17.3. The number of benzene rings is 2. The predicted molar refractivity (Wildman–Crippen MR) is 93.4 cm³/mol. The van der Waals surface area contributed by atoms with Gasteiger partial charge in [-0.2, -0.15) is 0 Å². The molecule has 0 spiro atoms. The lowest BCUT2D eigenvalue weighted by Gasteiger charge is -2.18. The van der Waals surface area contributed by atoms with Crippen LogP contribution in [0.5, 0.6) is 5.75 Å². The molecule has 23 heavy (non-hydrogen) atoms. The summed E-state index contributed by atoms with van der Waals surface area (Å²) in [7, 11) is 0. The van der Waals surface area contributed by atoms with E-state index >= 15 is 0 Å². The molecule has 4 nitrogen and oxygen atoms in total. The van der Waals surface area contributed by atoms with Crippen LogP contribution in [-0.4, -0.2) is 18.6 Å². The topological polar surface area (TPSA) is 50.4 Å². The van der Waals surface area contributed by atoms with Crippen LogP contribution >= 0.6 is 15.9 Å². The first-order chi connectivity index (χ1) is 11.0. The number of hydrogen-bond donors (Lipinski definition) is 2. The van der Waals surface area contributed by atoms with Crippen LogP contribution in [0.1, 0.15) is 13.8 Å². The Kier molecular flexibility index (Phi) is 5.98. The third kappa shape index (κ3) is 4.69. The molecule has 0 bridgehead atoms. The molecular formula is C17H18BrFN2O2. The van der Waals surface area contributed by atoms with Crippen molar-refractivity contribution >= 4 is 33.2 Å². The standard InChI is InChI=1S/C17H18BrFN2O2/c1-3-23-16-7-5-4-6-15(16)20-11(2)17(22)21-14-9-8-12(18)10-13(14)19/h4-11,20H,3H2,1-2H3,(H,21,22)/t11-/m1/s1. The lowest BCUT2D eigenvalue weighted by Crippen LogP contribution is -2.32. The lowest BCUT2D eigenvalue weighted by atomic mass is 10.2. The van der Waals surface area contributed by atoms with Gasteiger partial charge in [-0.05, 0) is 44.2 Å². The fourth-order valence-electron chi connectivity index (χ4n) is 2.00. The third-order valence-corrected chi connectivity index (χ3v) is 3.63. The monoisotopic (exact) mass is 380 g/mol. The Balaban J connectivity index is 2.05. The van der Waals surface area contributed by atoms with Gasteiger partial charge in [0.25, 0.3) is 0 Å². The van der Waals surface area contributed by atoms with E-state index in [4.69, 9.17) is 4.74 Å². The van der Waals surface area contributed by atoms with Crippen LogP contribution in [0, 0.1) is 5.82 Å². The third-order valence-electron chi connectivity index (χ3n) is 3.14. The smallest absolute Gasteiger partial charge is 0.246 e. The number of para-hydroxylation sites is 2. The van der Waals surface area contributed by atoms with Crippen LogP contribution in [0.15, 0.2) is 46.9 Å². The number of carbonyl (C=O) groups is 1. The molecule has 2 N–H and O–H groups in total. The molecule has 0 aliphatic carbocycles. The molecule has 1 atom stereocenters. The molecule has 0 saturated heterocycles. The molecule has 0 fully saturated rings. The number of carbonyl (C=O) groups excluding carboxylic acids is 1. The van der Waals surface area contributed by atoms with E-state index in [1.165, 1.54) is 12.1 Å². The van der Waals surface area contributed by atoms with Gasteiger partial charge < -0.3 is 15.4 Å². The molecule has 1 amide bonds. The quantitative estimate of drug-likeness (QED) is 0.779. The van der Waals surface area contributed by atoms with Gasteiger partial charge in [0.2, 0.25) is 5.91 Å². The number of amides is 1. The molecule has 0 unspecified atom stereocenters. The predicted octanol–water partition coefficient (Wildman–Crippen LogP) is 4.43. The molecule has 0 saturated carbocycles. The van der Waals surface area contributed by atoms with Gasteiger partial charge in [0.1, 0.15) is 17.6 Å². The maximum atomic E-state index is 13.8. The summed E-state index contributed by atoms with van der Waals surface area (Å²) in [5.41, 5.74) is 0.859. The Bertz CT molecular complexity index is 694. The summed E-state index contributed by atoms with van der Waals surface area (Å²) in [6.07, 6.45) is 0. The maximum Gasteiger partial charge on any atom is 0.246 e. The summed E-state index contributed by atoms with van der Waals surface area (Å²) < 4.78 is 19.9. The Hall–Kier alpha value is -2.08. The molecule has 0 aliphatic rings. The molecule has 0 heterocycles. The summed E-state index contributed by atoms with van der Waals surface area (Å²) in [5.74, 6) is -0.156. The largest absolute Gasteiger partial charge is 0.492 e. The number of anilines is 2. The van der Waals surface area contributed by atoms with Gasteiger partial charge in [-0.1, -0.05) is 28.1 Å². The summed E-state index contributed by atoms with van der Waals surface area (Å²) in [6, 6.07) is 11.3. The number of hydrogen-bond acceptors (Lipinski definition) is 3. The van der Waals surface area contributed by atoms with Crippen molar-refractivity contribution in [2.24, 2.45) is 0 Å². The average Bonchev–Trinajstić information content (AvgIpc) is 2.52. The van der Waals surface area contributed by atoms with Crippen LogP contribution in [0.4, 0.5) is 15.8 Å². The minimum absolute atomic E-state index is 0.143. The zero-order valence-electron chi connectivity index (χ0n) is 12.9. The van der Waals surface area contributed by atoms with Crippen molar-refractivity contribution in [3.05, 3.63) is 52.8 Å². The van der Waals surface area contributed by atoms with E-state index in [0.29, 0.717) is 22.5 Å². The van der Waals surface area contributed by atoms with Crippen LogP contribution < -0.4 is 15.4 Å². The molecule has 2 aromatic carbocycles. The van der Waals surface area contributed by atoms with Crippen molar-refractivity contribution in [2.75, 3.05) is 17.2 Å². The summed E-state index contributed by atoms with van der Waals surface area (Å²) >= 11 is 3.18. The highest BCUT2D eigenvalue weighted by atomic mass is 79.9. The zero-order chi connectivity index (χ0) is 16.8. The maximum absolute atomic E-state index is 13.8. The van der Waals surface area contributed by atoms with Gasteiger partial charge in [-0.25, -0.2) is 4.39 Å². The summed E-state index contributed by atoms with van der Waals surface area (Å²) in [6.45, 7) is 4.13. The molecule has 0 radical (unpaired) electrons. The second-order valence-corrected chi connectivity index (χ2v) is 5.82. The normalized spacial score (nSPS) is 11.7. The van der Waals surface area contributed by atoms with E-state index in [1.54, 1.807) is 13.0 Å². The molecule has 2 rings (SSSR count). The SMILES string of the molecule is CCOc1ccccc1N[C@H](C)C(=O)Nc1ccc(Br)cc1F. The highest BCUT2D eigenvalue weighted by molar-refractivity contribution is 9.10. The van der Waals surface area contributed by atoms with Gasteiger partial charge in [0.15, 0.2) is 0 Å². The highest BCUT2D eigenvalue weighted by Crippen LogP contribution is 2.25. The van der Waals surface area contributed by atoms with E-state index in [1.807, 2.05) is 31.2 Å². The average molecular weight is 381 g/mol. The number of halogens is 2. The number of nitrogens with one attached hydrogen (secondary N) is 2. The van der Waals surface area contributed by atoms with Crippen molar-refractivity contribution in [2.45, 2.75) is 19.9 Å². The number of ether oxygens (including phenoxy) is 1. The molecule has 2 aromatic rings. The summed E-state index contributed by atoms with van der Waals surface area (Å²) in [4.78, 5) is 12.2. The van der Waals surface area contributed by atoms with Gasteiger partial charge in [0, 0.05) is 4.47 Å². The van der Waals surface area contributed by atoms with Crippen molar-refractivity contribution in [3.8, 4) is 5.75 Å². The van der Waals surface area contributed by atoms with Crippen molar-refractivity contribution in [1.29, 1.82) is 0 Å². The van der Waals surface area contributed by atoms with E-state index in [-0.39, 0.29) is 11.6 Å². The second kappa shape index (κ2) is 7.97. The van der Waals surface area contributed by atoms with Gasteiger partial charge in [-0.3, -0.25) is 4.79 Å². The highest BCUT2D eigenvalue weighted by Gasteiger charge is 2.16. The van der Waals surface area contributed by atoms with E-state index in [9.17, 15) is 9.18 Å². The Labute approximate surface area is 143 Å². The van der Waals surface area contributed by atoms with Gasteiger partial charge in [0.05, 0.1) is 18.0 Å². The summed E-state index contributed by atoms with van der Waals surface area (Å²) in [5, 5.41) is 5.65. The Morgan fingerprint density at radius 1 is 1.26 bits per heavy atom. The first-order valence-electron chi connectivity index (χ1n) is 7.25. The van der Waals surface area contributed by atoms with E-state index in [0.717, 1.165) is 0 Å². The van der Waals surface area contributed by atoms with E-state index < -0.39 is 11.9 Å². The van der Waals surface area contributed by atoms with Crippen LogP contribution in [-0.2, 0) is 4.79 Å². The zero-order valence-corrected chi connectivity index (χ0v) is 14.5. The molecule has 6 heteroatoms. The number of rotatable bonds is 6. The Morgan fingerprint density at radius 3 is 2.70 bits per heavy atom. The van der Waals surface area contributed by atoms with Crippen LogP contribution in [0.3, 0.4) is 0 Å². The first-order valence-corrected chi connectivity index (χ1v) is 8.05. The second-order valence-electron chi connectivity index (χ2n) is 4.91. The molecular weight excluding hydrogens is 363 g/mol. The van der Waals surface area contributed by atoms with Gasteiger partial charge >= 0.3 is 0 Å². The Morgan fingerprint density at radius 2 is 2.00 bits per heavy atom. The van der Waals surface area contributed by atoms with Gasteiger partial charge in [-0.15, -0.1) is 0 Å². The minimum Gasteiger partial charge on any atom is -0.492 e. The van der Waals surface area contributed by atoms with Crippen LogP contribution in [0.25, 0.3) is 0 Å². The lowest BCUT2D eigenvalue weighted by molar-refractivity contribution is -0.116. The molecule has 0 aromatic heterocycles. The van der Waals surface area contributed by atoms with Crippen molar-refractivity contribution in [1.82, 2.24) is 0 Å². The minimum atomic E-state index is -0.556. The fourth-order valence-corrected chi connectivity index (χ4v) is 2.33. The van der Waals surface area contributed by atoms with Crippen molar-refractivity contribution < 1.29 is 13.9 Å². The van der Waals surface area contributed by atoms with Crippen LogP contribution in [0.2, 0.25) is 0 Å². The van der Waals surface area contributed by atoms with Crippen molar-refractivity contribution in [3.63, 3.8) is 0 Å². The molecule has 0 aliphatic heterocycles.